The number of nitriles is 1. The van der Waals surface area contributed by atoms with Crippen LogP contribution in [0.15, 0.2) is 24.4 Å². The van der Waals surface area contributed by atoms with Crippen molar-refractivity contribution in [2.45, 2.75) is 6.92 Å². The van der Waals surface area contributed by atoms with Gasteiger partial charge in [0, 0.05) is 18.1 Å². The second-order valence-corrected chi connectivity index (χ2v) is 3.57. The molecule has 0 aliphatic heterocycles. The van der Waals surface area contributed by atoms with Gasteiger partial charge in [-0.25, -0.2) is 0 Å². The molecule has 0 spiro atoms. The van der Waals surface area contributed by atoms with Crippen molar-refractivity contribution < 1.29 is 4.74 Å². The molecule has 0 fully saturated rings. The van der Waals surface area contributed by atoms with Crippen LogP contribution in [0.4, 0.5) is 5.69 Å². The Balaban J connectivity index is 2.73. The fraction of sp³-hybridized carbons (Fsp3) is 0.231. The summed E-state index contributed by atoms with van der Waals surface area (Å²) < 4.78 is 5.19. The van der Waals surface area contributed by atoms with E-state index in [1.54, 1.807) is 13.3 Å². The number of hydrogen-bond donors (Lipinski definition) is 1. The molecule has 4 nitrogen and oxygen atoms in total. The standard InChI is InChI=1S/C13H13N3O/c1-3-15-13-9(7-14)8-16-12-5-4-10(17-2)6-11(12)13/h4-6,8H,3H2,1-2H3,(H,15,16). The first kappa shape index (κ1) is 11.2. The molecule has 2 rings (SSSR count). The van der Waals surface area contributed by atoms with Crippen LogP contribution in [0.2, 0.25) is 0 Å². The number of fused-ring (bicyclic) bond motifs is 1. The van der Waals surface area contributed by atoms with E-state index < -0.39 is 0 Å². The molecule has 2 aromatic rings. The minimum absolute atomic E-state index is 0.549. The van der Waals surface area contributed by atoms with E-state index in [4.69, 9.17) is 10.00 Å². The predicted octanol–water partition coefficient (Wildman–Crippen LogP) is 2.55. The van der Waals surface area contributed by atoms with E-state index in [0.717, 1.165) is 28.9 Å². The molecule has 1 aromatic carbocycles. The summed E-state index contributed by atoms with van der Waals surface area (Å²) >= 11 is 0. The first-order valence-corrected chi connectivity index (χ1v) is 5.41. The van der Waals surface area contributed by atoms with Gasteiger partial charge in [-0.3, -0.25) is 4.98 Å². The minimum atomic E-state index is 0.549. The first-order chi connectivity index (χ1) is 8.30. The molecule has 1 aromatic heterocycles. The lowest BCUT2D eigenvalue weighted by Crippen LogP contribution is -2.01. The monoisotopic (exact) mass is 227 g/mol. The Bertz CT molecular complexity index is 587. The summed E-state index contributed by atoms with van der Waals surface area (Å²) in [5, 5.41) is 13.2. The lowest BCUT2D eigenvalue weighted by atomic mass is 10.1. The maximum atomic E-state index is 9.07. The topological polar surface area (TPSA) is 57.9 Å². The highest BCUT2D eigenvalue weighted by Gasteiger charge is 2.08. The molecule has 0 saturated heterocycles. The van der Waals surface area contributed by atoms with Gasteiger partial charge < -0.3 is 10.1 Å². The van der Waals surface area contributed by atoms with Gasteiger partial charge in [0.25, 0.3) is 0 Å². The molecule has 0 aliphatic carbocycles. The third-order valence-corrected chi connectivity index (χ3v) is 2.55. The lowest BCUT2D eigenvalue weighted by molar-refractivity contribution is 0.415. The van der Waals surface area contributed by atoms with Gasteiger partial charge in [0.2, 0.25) is 0 Å². The largest absolute Gasteiger partial charge is 0.497 e. The summed E-state index contributed by atoms with van der Waals surface area (Å²) in [6.07, 6.45) is 1.59. The number of nitrogens with zero attached hydrogens (tertiary/aromatic N) is 2. The zero-order valence-corrected chi connectivity index (χ0v) is 9.82. The van der Waals surface area contributed by atoms with Crippen molar-refractivity contribution in [3.05, 3.63) is 30.0 Å². The third-order valence-electron chi connectivity index (χ3n) is 2.55. The van der Waals surface area contributed by atoms with Crippen molar-refractivity contribution in [3.63, 3.8) is 0 Å². The Labute approximate surface area is 99.8 Å². The zero-order valence-electron chi connectivity index (χ0n) is 9.82. The fourth-order valence-corrected chi connectivity index (χ4v) is 1.75. The Kier molecular flexibility index (Phi) is 3.10. The fourth-order valence-electron chi connectivity index (χ4n) is 1.75. The van der Waals surface area contributed by atoms with Gasteiger partial charge in [0.1, 0.15) is 11.8 Å². The third kappa shape index (κ3) is 2.00. The molecule has 0 aliphatic rings. The smallest absolute Gasteiger partial charge is 0.119 e. The van der Waals surface area contributed by atoms with E-state index in [2.05, 4.69) is 16.4 Å². The SMILES string of the molecule is CCNc1c(C#N)cnc2ccc(OC)cc12. The van der Waals surface area contributed by atoms with Crippen molar-refractivity contribution in [3.8, 4) is 11.8 Å². The van der Waals surface area contributed by atoms with E-state index in [9.17, 15) is 0 Å². The summed E-state index contributed by atoms with van der Waals surface area (Å²) in [4.78, 5) is 4.25. The molecule has 17 heavy (non-hydrogen) atoms. The van der Waals surface area contributed by atoms with Crippen molar-refractivity contribution in [2.75, 3.05) is 19.0 Å². The number of nitrogens with one attached hydrogen (secondary N) is 1. The van der Waals surface area contributed by atoms with Gasteiger partial charge in [-0.05, 0) is 25.1 Å². The van der Waals surface area contributed by atoms with Crippen molar-refractivity contribution in [1.29, 1.82) is 5.26 Å². The maximum Gasteiger partial charge on any atom is 0.119 e. The molecule has 0 bridgehead atoms. The summed E-state index contributed by atoms with van der Waals surface area (Å²) in [6.45, 7) is 2.75. The van der Waals surface area contributed by atoms with Crippen LogP contribution in [-0.4, -0.2) is 18.6 Å². The molecule has 4 heteroatoms. The quantitative estimate of drug-likeness (QED) is 0.875. The molecular weight excluding hydrogens is 214 g/mol. The number of benzene rings is 1. The lowest BCUT2D eigenvalue weighted by Gasteiger charge is -2.10. The number of pyridine rings is 1. The van der Waals surface area contributed by atoms with Gasteiger partial charge in [-0.15, -0.1) is 0 Å². The molecule has 0 radical (unpaired) electrons. The maximum absolute atomic E-state index is 9.07. The van der Waals surface area contributed by atoms with Crippen LogP contribution in [0, 0.1) is 11.3 Å². The van der Waals surface area contributed by atoms with Gasteiger partial charge in [-0.2, -0.15) is 5.26 Å². The number of rotatable bonds is 3. The summed E-state index contributed by atoms with van der Waals surface area (Å²) in [7, 11) is 1.62. The Hall–Kier alpha value is -2.28. The minimum Gasteiger partial charge on any atom is -0.497 e. The van der Waals surface area contributed by atoms with Gasteiger partial charge in [0.05, 0.1) is 23.9 Å². The Morgan fingerprint density at radius 1 is 1.47 bits per heavy atom. The van der Waals surface area contributed by atoms with E-state index in [0.29, 0.717) is 5.56 Å². The summed E-state index contributed by atoms with van der Waals surface area (Å²) in [6, 6.07) is 7.78. The molecule has 0 amide bonds. The highest BCUT2D eigenvalue weighted by Crippen LogP contribution is 2.28. The van der Waals surface area contributed by atoms with Gasteiger partial charge in [0.15, 0.2) is 0 Å². The predicted molar refractivity (Wildman–Crippen MR) is 67.2 cm³/mol. The van der Waals surface area contributed by atoms with E-state index in [1.807, 2.05) is 25.1 Å². The molecule has 0 unspecified atom stereocenters. The van der Waals surface area contributed by atoms with Crippen LogP contribution in [0.25, 0.3) is 10.9 Å². The van der Waals surface area contributed by atoms with Crippen molar-refractivity contribution >= 4 is 16.6 Å². The summed E-state index contributed by atoms with van der Waals surface area (Å²) in [5.74, 6) is 0.758. The number of ether oxygens (including phenoxy) is 1. The second kappa shape index (κ2) is 4.71. The van der Waals surface area contributed by atoms with Crippen LogP contribution in [0.1, 0.15) is 12.5 Å². The van der Waals surface area contributed by atoms with Crippen LogP contribution < -0.4 is 10.1 Å². The average Bonchev–Trinajstić information content (AvgIpc) is 2.39. The number of hydrogen-bond acceptors (Lipinski definition) is 4. The van der Waals surface area contributed by atoms with Crippen LogP contribution >= 0.6 is 0 Å². The van der Waals surface area contributed by atoms with E-state index in [-0.39, 0.29) is 0 Å². The molecule has 0 saturated carbocycles. The average molecular weight is 227 g/mol. The van der Waals surface area contributed by atoms with E-state index in [1.165, 1.54) is 0 Å². The molecule has 1 N–H and O–H groups in total. The van der Waals surface area contributed by atoms with Crippen LogP contribution in [0.5, 0.6) is 5.75 Å². The van der Waals surface area contributed by atoms with Crippen molar-refractivity contribution in [2.24, 2.45) is 0 Å². The van der Waals surface area contributed by atoms with Crippen LogP contribution in [-0.2, 0) is 0 Å². The van der Waals surface area contributed by atoms with Gasteiger partial charge >= 0.3 is 0 Å². The highest BCUT2D eigenvalue weighted by atomic mass is 16.5. The number of aromatic nitrogens is 1. The molecule has 86 valence electrons. The Morgan fingerprint density at radius 3 is 2.94 bits per heavy atom. The summed E-state index contributed by atoms with van der Waals surface area (Å²) in [5.41, 5.74) is 2.22. The first-order valence-electron chi connectivity index (χ1n) is 5.41. The zero-order chi connectivity index (χ0) is 12.3. The number of methoxy groups -OCH3 is 1. The molecular formula is C13H13N3O. The van der Waals surface area contributed by atoms with Gasteiger partial charge in [-0.1, -0.05) is 0 Å². The molecule has 1 heterocycles. The van der Waals surface area contributed by atoms with Crippen molar-refractivity contribution in [1.82, 2.24) is 4.98 Å². The second-order valence-electron chi connectivity index (χ2n) is 3.57. The number of anilines is 1. The van der Waals surface area contributed by atoms with Crippen LogP contribution in [0.3, 0.4) is 0 Å². The molecule has 0 atom stereocenters. The highest BCUT2D eigenvalue weighted by molar-refractivity contribution is 5.94. The normalized spacial score (nSPS) is 9.94. The van der Waals surface area contributed by atoms with E-state index >= 15 is 0 Å². The Morgan fingerprint density at radius 2 is 2.29 bits per heavy atom.